The Kier molecular flexibility index (Phi) is 5.33. The molecule has 3 N–H and O–H groups in total. The van der Waals surface area contributed by atoms with Crippen LogP contribution in [-0.4, -0.2) is 5.75 Å². The first-order valence-electron chi connectivity index (χ1n) is 6.63. The molecule has 2 rings (SSSR count). The highest BCUT2D eigenvalue weighted by Gasteiger charge is 2.18. The lowest BCUT2D eigenvalue weighted by atomic mass is 10.1. The molecule has 1 unspecified atom stereocenters. The molecule has 0 radical (unpaired) electrons. The van der Waals surface area contributed by atoms with Gasteiger partial charge in [-0.25, -0.2) is 8.78 Å². The molecule has 0 aliphatic carbocycles. The summed E-state index contributed by atoms with van der Waals surface area (Å²) in [6.07, 6.45) is 0. The highest BCUT2D eigenvalue weighted by Crippen LogP contribution is 2.27. The molecule has 0 saturated carbocycles. The fourth-order valence-electron chi connectivity index (χ4n) is 1.97. The molecule has 2 aromatic rings. The molecule has 0 amide bonds. The van der Waals surface area contributed by atoms with E-state index in [-0.39, 0.29) is 5.56 Å². The Bertz CT molecular complexity index is 614. The zero-order valence-electron chi connectivity index (χ0n) is 12.0. The van der Waals surface area contributed by atoms with Crippen molar-refractivity contribution >= 4 is 11.8 Å². The number of hydrazine groups is 1. The van der Waals surface area contributed by atoms with E-state index < -0.39 is 17.7 Å². The maximum Gasteiger partial charge on any atom is 0.163 e. The summed E-state index contributed by atoms with van der Waals surface area (Å²) in [6, 6.07) is 10.7. The van der Waals surface area contributed by atoms with Crippen LogP contribution in [0.25, 0.3) is 0 Å². The van der Waals surface area contributed by atoms with E-state index in [9.17, 15) is 8.78 Å². The van der Waals surface area contributed by atoms with Crippen molar-refractivity contribution in [2.45, 2.75) is 24.8 Å². The van der Waals surface area contributed by atoms with Gasteiger partial charge in [-0.3, -0.25) is 11.3 Å². The number of benzene rings is 2. The molecule has 0 saturated heterocycles. The van der Waals surface area contributed by atoms with Crippen LogP contribution in [0.5, 0.6) is 0 Å². The van der Waals surface area contributed by atoms with Gasteiger partial charge in [-0.1, -0.05) is 29.8 Å². The average molecular weight is 308 g/mol. The van der Waals surface area contributed by atoms with Crippen LogP contribution in [0.15, 0.2) is 41.3 Å². The van der Waals surface area contributed by atoms with Gasteiger partial charge in [0, 0.05) is 16.2 Å². The molecule has 0 aliphatic rings. The number of aryl methyl sites for hydroxylation is 2. The molecular weight excluding hydrogens is 290 g/mol. The van der Waals surface area contributed by atoms with E-state index in [1.165, 1.54) is 12.5 Å². The predicted octanol–water partition coefficient (Wildman–Crippen LogP) is 3.88. The fourth-order valence-corrected chi connectivity index (χ4v) is 2.94. The quantitative estimate of drug-likeness (QED) is 0.500. The normalized spacial score (nSPS) is 12.4. The van der Waals surface area contributed by atoms with Gasteiger partial charge in [0.05, 0.1) is 6.04 Å². The molecule has 0 spiro atoms. The maximum atomic E-state index is 14.0. The Morgan fingerprint density at radius 1 is 1.05 bits per heavy atom. The molecule has 21 heavy (non-hydrogen) atoms. The first kappa shape index (κ1) is 15.9. The highest BCUT2D eigenvalue weighted by molar-refractivity contribution is 7.99. The molecule has 1 atom stereocenters. The van der Waals surface area contributed by atoms with Crippen molar-refractivity contribution in [2.24, 2.45) is 5.84 Å². The van der Waals surface area contributed by atoms with E-state index in [1.54, 1.807) is 23.9 Å². The Hall–Kier alpha value is -1.43. The van der Waals surface area contributed by atoms with Crippen LogP contribution in [0, 0.1) is 25.5 Å². The van der Waals surface area contributed by atoms with Gasteiger partial charge in [-0.2, -0.15) is 0 Å². The van der Waals surface area contributed by atoms with Gasteiger partial charge in [0.1, 0.15) is 0 Å². The smallest absolute Gasteiger partial charge is 0.163 e. The third-order valence-corrected chi connectivity index (χ3v) is 4.43. The van der Waals surface area contributed by atoms with Crippen molar-refractivity contribution in [2.75, 3.05) is 5.75 Å². The summed E-state index contributed by atoms with van der Waals surface area (Å²) >= 11 is 1.54. The molecule has 112 valence electrons. The molecule has 2 nitrogen and oxygen atoms in total. The third kappa shape index (κ3) is 3.81. The summed E-state index contributed by atoms with van der Waals surface area (Å²) < 4.78 is 27.6. The summed E-state index contributed by atoms with van der Waals surface area (Å²) in [4.78, 5) is 1.06. The van der Waals surface area contributed by atoms with Gasteiger partial charge < -0.3 is 0 Å². The molecular formula is C16H18F2N2S. The average Bonchev–Trinajstić information content (AvgIpc) is 2.49. The van der Waals surface area contributed by atoms with Gasteiger partial charge in [-0.15, -0.1) is 11.8 Å². The number of rotatable bonds is 5. The standard InChI is InChI=1S/C16H18F2N2S/c1-10-3-6-12(7-4-10)21-9-14(20-19)13-8-5-11(2)15(17)16(13)18/h3-8,14,20H,9,19H2,1-2H3. The summed E-state index contributed by atoms with van der Waals surface area (Å²) in [5.41, 5.74) is 4.28. The summed E-state index contributed by atoms with van der Waals surface area (Å²) in [5.74, 6) is 4.37. The minimum Gasteiger partial charge on any atom is -0.271 e. The summed E-state index contributed by atoms with van der Waals surface area (Å²) in [6.45, 7) is 3.55. The van der Waals surface area contributed by atoms with Crippen molar-refractivity contribution in [3.05, 3.63) is 64.7 Å². The zero-order valence-corrected chi connectivity index (χ0v) is 12.8. The molecule has 0 heterocycles. The highest BCUT2D eigenvalue weighted by atomic mass is 32.2. The van der Waals surface area contributed by atoms with Crippen LogP contribution in [0.1, 0.15) is 22.7 Å². The Morgan fingerprint density at radius 3 is 2.33 bits per heavy atom. The minimum atomic E-state index is -0.831. The number of hydrogen-bond donors (Lipinski definition) is 2. The molecule has 2 aromatic carbocycles. The van der Waals surface area contributed by atoms with Crippen LogP contribution in [0.4, 0.5) is 8.78 Å². The van der Waals surface area contributed by atoms with Crippen molar-refractivity contribution < 1.29 is 8.78 Å². The van der Waals surface area contributed by atoms with E-state index in [0.29, 0.717) is 11.3 Å². The lowest BCUT2D eigenvalue weighted by Gasteiger charge is -2.17. The van der Waals surface area contributed by atoms with Crippen LogP contribution >= 0.6 is 11.8 Å². The van der Waals surface area contributed by atoms with Crippen LogP contribution in [0.3, 0.4) is 0 Å². The second-order valence-corrected chi connectivity index (χ2v) is 6.04. The Labute approximate surface area is 127 Å². The first-order valence-corrected chi connectivity index (χ1v) is 7.61. The van der Waals surface area contributed by atoms with Crippen LogP contribution in [0.2, 0.25) is 0 Å². The van der Waals surface area contributed by atoms with Crippen molar-refractivity contribution in [1.82, 2.24) is 5.43 Å². The lowest BCUT2D eigenvalue weighted by molar-refractivity contribution is 0.474. The van der Waals surface area contributed by atoms with E-state index >= 15 is 0 Å². The molecule has 0 aliphatic heterocycles. The topological polar surface area (TPSA) is 38.0 Å². The fraction of sp³-hybridized carbons (Fsp3) is 0.250. The second-order valence-electron chi connectivity index (χ2n) is 4.94. The van der Waals surface area contributed by atoms with Gasteiger partial charge in [-0.05, 0) is 31.5 Å². The molecule has 0 bridgehead atoms. The van der Waals surface area contributed by atoms with Crippen molar-refractivity contribution in [3.63, 3.8) is 0 Å². The maximum absolute atomic E-state index is 14.0. The van der Waals surface area contributed by atoms with Gasteiger partial charge in [0.2, 0.25) is 0 Å². The number of nitrogens with two attached hydrogens (primary N) is 1. The van der Waals surface area contributed by atoms with Crippen molar-refractivity contribution in [1.29, 1.82) is 0 Å². The first-order chi connectivity index (χ1) is 10.0. The largest absolute Gasteiger partial charge is 0.271 e. The molecule has 5 heteroatoms. The molecule has 0 fully saturated rings. The van der Waals surface area contributed by atoms with Crippen molar-refractivity contribution in [3.8, 4) is 0 Å². The number of thioether (sulfide) groups is 1. The van der Waals surface area contributed by atoms with Crippen LogP contribution < -0.4 is 11.3 Å². The monoisotopic (exact) mass is 308 g/mol. The van der Waals surface area contributed by atoms with Gasteiger partial charge in [0.15, 0.2) is 11.6 Å². The summed E-state index contributed by atoms with van der Waals surface area (Å²) in [5, 5.41) is 0. The van der Waals surface area contributed by atoms with E-state index in [0.717, 1.165) is 4.90 Å². The molecule has 0 aromatic heterocycles. The van der Waals surface area contributed by atoms with E-state index in [2.05, 4.69) is 5.43 Å². The Balaban J connectivity index is 2.13. The van der Waals surface area contributed by atoms with E-state index in [4.69, 9.17) is 5.84 Å². The number of halogens is 2. The van der Waals surface area contributed by atoms with Crippen LogP contribution in [-0.2, 0) is 0 Å². The third-order valence-electron chi connectivity index (χ3n) is 3.32. The van der Waals surface area contributed by atoms with Gasteiger partial charge >= 0.3 is 0 Å². The Morgan fingerprint density at radius 2 is 1.71 bits per heavy atom. The predicted molar refractivity (Wildman–Crippen MR) is 83.1 cm³/mol. The lowest BCUT2D eigenvalue weighted by Crippen LogP contribution is -2.30. The SMILES string of the molecule is Cc1ccc(SCC(NN)c2ccc(C)c(F)c2F)cc1. The van der Waals surface area contributed by atoms with E-state index in [1.807, 2.05) is 31.2 Å². The number of nitrogens with one attached hydrogen (secondary N) is 1. The summed E-state index contributed by atoms with van der Waals surface area (Å²) in [7, 11) is 0. The minimum absolute atomic E-state index is 0.250. The number of hydrogen-bond acceptors (Lipinski definition) is 3. The van der Waals surface area contributed by atoms with Gasteiger partial charge in [0.25, 0.3) is 0 Å². The zero-order chi connectivity index (χ0) is 15.4. The second kappa shape index (κ2) is 7.02.